The minimum absolute atomic E-state index is 0.569. The van der Waals surface area contributed by atoms with Crippen LogP contribution in [0, 0.1) is 11.8 Å². The average molecular weight is 272 g/mol. The molecule has 2 nitrogen and oxygen atoms in total. The lowest BCUT2D eigenvalue weighted by Crippen LogP contribution is -2.48. The van der Waals surface area contributed by atoms with Crippen molar-refractivity contribution in [1.82, 2.24) is 10.2 Å². The molecule has 1 saturated heterocycles. The minimum Gasteiger partial charge on any atom is -0.314 e. The summed E-state index contributed by atoms with van der Waals surface area (Å²) in [5.74, 6) is 1.82. The Kier molecular flexibility index (Phi) is 4.74. The van der Waals surface area contributed by atoms with Crippen LogP contribution in [0.15, 0.2) is 30.3 Å². The molecule has 0 aromatic heterocycles. The highest BCUT2D eigenvalue weighted by atomic mass is 15.2. The summed E-state index contributed by atoms with van der Waals surface area (Å²) in [5.41, 5.74) is 1.48. The standard InChI is InChI=1S/C18H28N2/c1-15-7-5-6-10-17(15)14-20-12-11-19-13-18(20)16-8-3-2-4-9-16/h2-4,8-9,15,17-19H,5-7,10-14H2,1H3. The minimum atomic E-state index is 0.569. The lowest BCUT2D eigenvalue weighted by atomic mass is 9.80. The molecule has 0 radical (unpaired) electrons. The van der Waals surface area contributed by atoms with E-state index in [1.165, 1.54) is 44.3 Å². The lowest BCUT2D eigenvalue weighted by Gasteiger charge is -2.41. The van der Waals surface area contributed by atoms with Crippen LogP contribution in [0.25, 0.3) is 0 Å². The summed E-state index contributed by atoms with van der Waals surface area (Å²) in [6.45, 7) is 7.20. The Morgan fingerprint density at radius 2 is 1.95 bits per heavy atom. The second-order valence-electron chi connectivity index (χ2n) is 6.65. The molecule has 1 aliphatic carbocycles. The number of benzene rings is 1. The van der Waals surface area contributed by atoms with Gasteiger partial charge in [0.05, 0.1) is 0 Å². The van der Waals surface area contributed by atoms with Gasteiger partial charge in [-0.15, -0.1) is 0 Å². The smallest absolute Gasteiger partial charge is 0.0473 e. The Balaban J connectivity index is 1.69. The maximum Gasteiger partial charge on any atom is 0.0473 e. The maximum atomic E-state index is 3.57. The van der Waals surface area contributed by atoms with Crippen molar-refractivity contribution in [3.8, 4) is 0 Å². The molecule has 1 aromatic carbocycles. The first kappa shape index (κ1) is 14.1. The molecule has 3 unspecified atom stereocenters. The molecule has 2 fully saturated rings. The number of nitrogens with zero attached hydrogens (tertiary/aromatic N) is 1. The van der Waals surface area contributed by atoms with Crippen molar-refractivity contribution in [2.24, 2.45) is 11.8 Å². The van der Waals surface area contributed by atoms with Gasteiger partial charge in [-0.1, -0.05) is 56.5 Å². The lowest BCUT2D eigenvalue weighted by molar-refractivity contribution is 0.102. The van der Waals surface area contributed by atoms with E-state index >= 15 is 0 Å². The fourth-order valence-corrected chi connectivity index (χ4v) is 3.93. The van der Waals surface area contributed by atoms with Crippen molar-refractivity contribution in [2.75, 3.05) is 26.2 Å². The Bertz CT molecular complexity index is 403. The zero-order valence-corrected chi connectivity index (χ0v) is 12.7. The third-order valence-electron chi connectivity index (χ3n) is 5.30. The van der Waals surface area contributed by atoms with Crippen LogP contribution in [0.4, 0.5) is 0 Å². The summed E-state index contributed by atoms with van der Waals surface area (Å²) in [6.07, 6.45) is 5.76. The number of hydrogen-bond donors (Lipinski definition) is 1. The third kappa shape index (κ3) is 3.24. The summed E-state index contributed by atoms with van der Waals surface area (Å²) in [4.78, 5) is 2.73. The zero-order chi connectivity index (χ0) is 13.8. The van der Waals surface area contributed by atoms with Gasteiger partial charge in [-0.25, -0.2) is 0 Å². The molecule has 1 aromatic rings. The Hall–Kier alpha value is -0.860. The summed E-state index contributed by atoms with van der Waals surface area (Å²) in [7, 11) is 0. The molecule has 0 amide bonds. The largest absolute Gasteiger partial charge is 0.314 e. The zero-order valence-electron chi connectivity index (χ0n) is 12.7. The van der Waals surface area contributed by atoms with Gasteiger partial charge in [0.15, 0.2) is 0 Å². The van der Waals surface area contributed by atoms with Gasteiger partial charge in [0.1, 0.15) is 0 Å². The van der Waals surface area contributed by atoms with E-state index in [9.17, 15) is 0 Å². The molecule has 3 rings (SSSR count). The number of piperazine rings is 1. The van der Waals surface area contributed by atoms with Crippen LogP contribution in [-0.2, 0) is 0 Å². The summed E-state index contributed by atoms with van der Waals surface area (Å²) >= 11 is 0. The first-order valence-corrected chi connectivity index (χ1v) is 8.34. The van der Waals surface area contributed by atoms with Gasteiger partial charge >= 0.3 is 0 Å². The number of nitrogens with one attached hydrogen (secondary N) is 1. The molecule has 20 heavy (non-hydrogen) atoms. The molecule has 1 N–H and O–H groups in total. The van der Waals surface area contributed by atoms with Crippen LogP contribution in [0.3, 0.4) is 0 Å². The Morgan fingerprint density at radius 3 is 2.75 bits per heavy atom. The van der Waals surface area contributed by atoms with E-state index in [0.29, 0.717) is 6.04 Å². The fraction of sp³-hybridized carbons (Fsp3) is 0.667. The van der Waals surface area contributed by atoms with E-state index in [-0.39, 0.29) is 0 Å². The molecule has 3 atom stereocenters. The van der Waals surface area contributed by atoms with Gasteiger partial charge in [0.2, 0.25) is 0 Å². The second kappa shape index (κ2) is 6.73. The van der Waals surface area contributed by atoms with Crippen LogP contribution in [-0.4, -0.2) is 31.1 Å². The predicted octanol–water partition coefficient (Wildman–Crippen LogP) is 3.46. The van der Waals surface area contributed by atoms with Gasteiger partial charge < -0.3 is 5.32 Å². The van der Waals surface area contributed by atoms with Gasteiger partial charge in [-0.3, -0.25) is 4.90 Å². The molecule has 1 heterocycles. The monoisotopic (exact) mass is 272 g/mol. The molecule has 2 heteroatoms. The molecular weight excluding hydrogens is 244 g/mol. The van der Waals surface area contributed by atoms with E-state index in [1.54, 1.807) is 0 Å². The van der Waals surface area contributed by atoms with E-state index in [0.717, 1.165) is 24.9 Å². The van der Waals surface area contributed by atoms with Crippen LogP contribution in [0.1, 0.15) is 44.2 Å². The van der Waals surface area contributed by atoms with Crippen molar-refractivity contribution in [2.45, 2.75) is 38.6 Å². The third-order valence-corrected chi connectivity index (χ3v) is 5.30. The van der Waals surface area contributed by atoms with E-state index in [4.69, 9.17) is 0 Å². The van der Waals surface area contributed by atoms with Crippen molar-refractivity contribution in [3.05, 3.63) is 35.9 Å². The molecule has 110 valence electrons. The highest BCUT2D eigenvalue weighted by molar-refractivity contribution is 5.20. The van der Waals surface area contributed by atoms with Gasteiger partial charge in [-0.2, -0.15) is 0 Å². The number of rotatable bonds is 3. The van der Waals surface area contributed by atoms with Crippen molar-refractivity contribution < 1.29 is 0 Å². The van der Waals surface area contributed by atoms with E-state index in [2.05, 4.69) is 47.5 Å². The molecule has 2 aliphatic rings. The van der Waals surface area contributed by atoms with E-state index < -0.39 is 0 Å². The quantitative estimate of drug-likeness (QED) is 0.906. The summed E-state index contributed by atoms with van der Waals surface area (Å²) < 4.78 is 0. The fourth-order valence-electron chi connectivity index (χ4n) is 3.93. The van der Waals surface area contributed by atoms with Crippen LogP contribution in [0.2, 0.25) is 0 Å². The first-order valence-electron chi connectivity index (χ1n) is 8.34. The Labute approximate surface area is 123 Å². The predicted molar refractivity (Wildman–Crippen MR) is 84.7 cm³/mol. The highest BCUT2D eigenvalue weighted by Crippen LogP contribution is 2.32. The second-order valence-corrected chi connectivity index (χ2v) is 6.65. The van der Waals surface area contributed by atoms with Crippen LogP contribution < -0.4 is 5.32 Å². The van der Waals surface area contributed by atoms with Gasteiger partial charge in [0, 0.05) is 32.2 Å². The van der Waals surface area contributed by atoms with Crippen molar-refractivity contribution in [3.63, 3.8) is 0 Å². The van der Waals surface area contributed by atoms with E-state index in [1.807, 2.05) is 0 Å². The maximum absolute atomic E-state index is 3.57. The molecular formula is C18H28N2. The summed E-state index contributed by atoms with van der Waals surface area (Å²) in [6, 6.07) is 11.6. The van der Waals surface area contributed by atoms with Crippen molar-refractivity contribution >= 4 is 0 Å². The highest BCUT2D eigenvalue weighted by Gasteiger charge is 2.29. The first-order chi connectivity index (χ1) is 9.84. The molecule has 0 spiro atoms. The number of hydrogen-bond acceptors (Lipinski definition) is 2. The molecule has 1 saturated carbocycles. The molecule has 0 bridgehead atoms. The topological polar surface area (TPSA) is 15.3 Å². The van der Waals surface area contributed by atoms with Gasteiger partial charge in [0.25, 0.3) is 0 Å². The van der Waals surface area contributed by atoms with Crippen molar-refractivity contribution in [1.29, 1.82) is 0 Å². The SMILES string of the molecule is CC1CCCCC1CN1CCNCC1c1ccccc1. The summed E-state index contributed by atoms with van der Waals surface area (Å²) in [5, 5.41) is 3.57. The normalized spacial score (nSPS) is 32.1. The van der Waals surface area contributed by atoms with Crippen LogP contribution in [0.5, 0.6) is 0 Å². The molecule has 1 aliphatic heterocycles. The average Bonchev–Trinajstić information content (AvgIpc) is 2.51. The van der Waals surface area contributed by atoms with Crippen LogP contribution >= 0.6 is 0 Å². The Morgan fingerprint density at radius 1 is 1.15 bits per heavy atom. The van der Waals surface area contributed by atoms with Gasteiger partial charge in [-0.05, 0) is 23.8 Å².